The van der Waals surface area contributed by atoms with Crippen LogP contribution < -0.4 is 10.2 Å². The van der Waals surface area contributed by atoms with Gasteiger partial charge in [0.2, 0.25) is 5.91 Å². The van der Waals surface area contributed by atoms with Crippen LogP contribution in [-0.2, 0) is 4.79 Å². The monoisotopic (exact) mass is 309 g/mol. The molecule has 0 aromatic carbocycles. The van der Waals surface area contributed by atoms with E-state index >= 15 is 0 Å². The summed E-state index contributed by atoms with van der Waals surface area (Å²) in [5.41, 5.74) is -0.266. The fourth-order valence-electron chi connectivity index (χ4n) is 2.06. The molecule has 0 saturated heterocycles. The van der Waals surface area contributed by atoms with Gasteiger partial charge in [0.1, 0.15) is 11.9 Å². The molecular weight excluding hydrogens is 286 g/mol. The van der Waals surface area contributed by atoms with Crippen molar-refractivity contribution < 1.29 is 4.79 Å². The molecule has 0 aliphatic carbocycles. The first-order valence-corrected chi connectivity index (χ1v) is 7.47. The summed E-state index contributed by atoms with van der Waals surface area (Å²) in [4.78, 5) is 18.8. The maximum Gasteiger partial charge on any atom is 0.243 e. The van der Waals surface area contributed by atoms with Gasteiger partial charge in [0.25, 0.3) is 0 Å². The minimum Gasteiger partial charge on any atom is -0.350 e. The quantitative estimate of drug-likeness (QED) is 0.819. The van der Waals surface area contributed by atoms with Gasteiger partial charge in [-0.05, 0) is 39.3 Å². The van der Waals surface area contributed by atoms with Crippen LogP contribution in [0.3, 0.4) is 0 Å². The maximum atomic E-state index is 12.5. The van der Waals surface area contributed by atoms with E-state index in [0.717, 1.165) is 5.82 Å². The number of amides is 1. The molecule has 1 unspecified atom stereocenters. The van der Waals surface area contributed by atoms with Crippen molar-refractivity contribution in [3.8, 4) is 0 Å². The van der Waals surface area contributed by atoms with Crippen LogP contribution in [0.15, 0.2) is 31.0 Å². The molecule has 21 heavy (non-hydrogen) atoms. The Labute approximate surface area is 132 Å². The fraction of sp³-hybridized carbons (Fsp3) is 0.500. The predicted octanol–water partition coefficient (Wildman–Crippen LogP) is 3.42. The molecule has 4 nitrogen and oxygen atoms in total. The molecule has 116 valence electrons. The summed E-state index contributed by atoms with van der Waals surface area (Å²) in [7, 11) is 0. The Hall–Kier alpha value is -1.55. The highest BCUT2D eigenvalue weighted by Gasteiger charge is 2.27. The molecule has 0 bridgehead atoms. The van der Waals surface area contributed by atoms with Crippen LogP contribution in [0.2, 0.25) is 5.02 Å². The molecule has 0 spiro atoms. The number of hydrogen-bond acceptors (Lipinski definition) is 3. The number of anilines is 1. The second-order valence-corrected chi connectivity index (χ2v) is 6.38. The van der Waals surface area contributed by atoms with Crippen LogP contribution in [0.5, 0.6) is 0 Å². The van der Waals surface area contributed by atoms with Crippen LogP contribution in [0.4, 0.5) is 5.82 Å². The van der Waals surface area contributed by atoms with Crippen molar-refractivity contribution in [3.63, 3.8) is 0 Å². The van der Waals surface area contributed by atoms with Gasteiger partial charge in [0.15, 0.2) is 0 Å². The second kappa shape index (κ2) is 7.46. The normalized spacial score (nSPS) is 12.6. The molecule has 0 aliphatic rings. The van der Waals surface area contributed by atoms with Gasteiger partial charge in [0.05, 0.1) is 5.02 Å². The zero-order valence-corrected chi connectivity index (χ0v) is 13.9. The van der Waals surface area contributed by atoms with Crippen LogP contribution >= 0.6 is 11.6 Å². The minimum atomic E-state index is -0.295. The zero-order valence-electron chi connectivity index (χ0n) is 13.2. The number of rotatable bonds is 6. The van der Waals surface area contributed by atoms with E-state index in [4.69, 9.17) is 11.6 Å². The molecule has 1 rings (SSSR count). The maximum absolute atomic E-state index is 12.5. The Morgan fingerprint density at radius 2 is 2.19 bits per heavy atom. The van der Waals surface area contributed by atoms with E-state index < -0.39 is 0 Å². The fourth-order valence-corrected chi connectivity index (χ4v) is 2.17. The summed E-state index contributed by atoms with van der Waals surface area (Å²) in [5, 5.41) is 3.60. The summed E-state index contributed by atoms with van der Waals surface area (Å²) >= 11 is 5.88. The van der Waals surface area contributed by atoms with Gasteiger partial charge < -0.3 is 10.2 Å². The highest BCUT2D eigenvalue weighted by atomic mass is 35.5. The number of pyridine rings is 1. The third-order valence-corrected chi connectivity index (χ3v) is 3.12. The molecule has 1 aromatic heterocycles. The van der Waals surface area contributed by atoms with E-state index in [1.54, 1.807) is 18.3 Å². The Morgan fingerprint density at radius 3 is 2.62 bits per heavy atom. The van der Waals surface area contributed by atoms with E-state index in [2.05, 4.69) is 16.9 Å². The van der Waals surface area contributed by atoms with Crippen LogP contribution in [-0.4, -0.2) is 29.0 Å². The molecule has 0 fully saturated rings. The lowest BCUT2D eigenvalue weighted by Gasteiger charge is -2.33. The smallest absolute Gasteiger partial charge is 0.243 e. The van der Waals surface area contributed by atoms with Crippen LogP contribution in [0.25, 0.3) is 0 Å². The highest BCUT2D eigenvalue weighted by molar-refractivity contribution is 6.30. The van der Waals surface area contributed by atoms with Crippen molar-refractivity contribution in [1.82, 2.24) is 10.3 Å². The van der Waals surface area contributed by atoms with Gasteiger partial charge in [-0.25, -0.2) is 4.98 Å². The number of halogens is 1. The number of carbonyl (C=O) groups excluding carboxylic acids is 1. The van der Waals surface area contributed by atoms with E-state index in [1.807, 2.05) is 38.7 Å². The standard InChI is InChI=1S/C16H24ClN3O/c1-6-10-20(14-9-8-12(17)11-18-14)13(7-2)15(21)19-16(3,4)5/h6,8-9,11,13H,1,7,10H2,2-5H3,(H,19,21). The Kier molecular flexibility index (Phi) is 6.21. The molecule has 0 saturated carbocycles. The van der Waals surface area contributed by atoms with Crippen molar-refractivity contribution in [2.45, 2.75) is 45.7 Å². The summed E-state index contributed by atoms with van der Waals surface area (Å²) < 4.78 is 0. The third kappa shape index (κ3) is 5.38. The van der Waals surface area contributed by atoms with Gasteiger partial charge in [0, 0.05) is 18.3 Å². The summed E-state index contributed by atoms with van der Waals surface area (Å²) in [6, 6.07) is 3.30. The predicted molar refractivity (Wildman–Crippen MR) is 88.8 cm³/mol. The van der Waals surface area contributed by atoms with Gasteiger partial charge in [-0.1, -0.05) is 24.6 Å². The van der Waals surface area contributed by atoms with Gasteiger partial charge in [-0.3, -0.25) is 4.79 Å². The lowest BCUT2D eigenvalue weighted by molar-refractivity contribution is -0.123. The molecule has 1 heterocycles. The van der Waals surface area contributed by atoms with Crippen molar-refractivity contribution in [2.24, 2.45) is 0 Å². The van der Waals surface area contributed by atoms with Gasteiger partial charge >= 0.3 is 0 Å². The molecule has 1 atom stereocenters. The van der Waals surface area contributed by atoms with Crippen LogP contribution in [0, 0.1) is 0 Å². The van der Waals surface area contributed by atoms with E-state index in [0.29, 0.717) is 18.0 Å². The topological polar surface area (TPSA) is 45.2 Å². The van der Waals surface area contributed by atoms with Crippen molar-refractivity contribution >= 4 is 23.3 Å². The Morgan fingerprint density at radius 1 is 1.52 bits per heavy atom. The van der Waals surface area contributed by atoms with Crippen molar-refractivity contribution in [1.29, 1.82) is 0 Å². The van der Waals surface area contributed by atoms with E-state index in [1.165, 1.54) is 0 Å². The average Bonchev–Trinajstić information content (AvgIpc) is 2.37. The first-order chi connectivity index (χ1) is 9.78. The van der Waals surface area contributed by atoms with Crippen LogP contribution in [0.1, 0.15) is 34.1 Å². The summed E-state index contributed by atoms with van der Waals surface area (Å²) in [6.45, 7) is 12.2. The summed E-state index contributed by atoms with van der Waals surface area (Å²) in [6.07, 6.45) is 4.03. The Bertz CT molecular complexity index is 479. The number of nitrogens with zero attached hydrogens (tertiary/aromatic N) is 2. The molecular formula is C16H24ClN3O. The van der Waals surface area contributed by atoms with Gasteiger partial charge in [-0.2, -0.15) is 0 Å². The third-order valence-electron chi connectivity index (χ3n) is 2.90. The molecule has 0 aliphatic heterocycles. The first-order valence-electron chi connectivity index (χ1n) is 7.09. The van der Waals surface area contributed by atoms with E-state index in [9.17, 15) is 4.79 Å². The van der Waals surface area contributed by atoms with Gasteiger partial charge in [-0.15, -0.1) is 6.58 Å². The highest BCUT2D eigenvalue weighted by Crippen LogP contribution is 2.19. The number of hydrogen-bond donors (Lipinski definition) is 1. The first kappa shape index (κ1) is 17.5. The number of carbonyl (C=O) groups is 1. The average molecular weight is 310 g/mol. The zero-order chi connectivity index (χ0) is 16.0. The molecule has 1 aromatic rings. The molecule has 0 radical (unpaired) electrons. The van der Waals surface area contributed by atoms with E-state index in [-0.39, 0.29) is 17.5 Å². The minimum absolute atomic E-state index is 0.0106. The van der Waals surface area contributed by atoms with Crippen molar-refractivity contribution in [3.05, 3.63) is 36.0 Å². The molecule has 1 amide bonds. The largest absolute Gasteiger partial charge is 0.350 e. The molecule has 1 N–H and O–H groups in total. The SMILES string of the molecule is C=CCN(c1ccc(Cl)cn1)C(CC)C(=O)NC(C)(C)C. The number of aromatic nitrogens is 1. The second-order valence-electron chi connectivity index (χ2n) is 5.94. The lowest BCUT2D eigenvalue weighted by atomic mass is 10.1. The van der Waals surface area contributed by atoms with Crippen molar-refractivity contribution in [2.75, 3.05) is 11.4 Å². The summed E-state index contributed by atoms with van der Waals surface area (Å²) in [5.74, 6) is 0.707. The number of nitrogens with one attached hydrogen (secondary N) is 1. The lowest BCUT2D eigenvalue weighted by Crippen LogP contribution is -2.52. The Balaban J connectivity index is 3.02. The molecule has 5 heteroatoms.